The number of methoxy groups -OCH3 is 4. The lowest BCUT2D eigenvalue weighted by Gasteiger charge is -2.12. The van der Waals surface area contributed by atoms with Gasteiger partial charge in [-0.3, -0.25) is 4.79 Å². The highest BCUT2D eigenvalue weighted by Crippen LogP contribution is 2.35. The second-order valence-electron chi connectivity index (χ2n) is 5.57. The summed E-state index contributed by atoms with van der Waals surface area (Å²) in [5, 5.41) is 2.79. The minimum absolute atomic E-state index is 0.303. The van der Waals surface area contributed by atoms with Crippen LogP contribution in [0.2, 0.25) is 0 Å². The Hall–Kier alpha value is -3.35. The molecule has 0 saturated carbocycles. The lowest BCUT2D eigenvalue weighted by atomic mass is 10.1. The third-order valence-electron chi connectivity index (χ3n) is 3.88. The number of amides is 1. The maximum absolute atomic E-state index is 12.3. The molecule has 7 nitrogen and oxygen atoms in total. The normalized spacial score (nSPS) is 10.5. The lowest BCUT2D eigenvalue weighted by molar-refractivity contribution is -0.111. The summed E-state index contributed by atoms with van der Waals surface area (Å²) in [5.74, 6) is 2.51. The number of carbonyl (C=O) groups excluding carboxylic acids is 1. The maximum atomic E-state index is 12.3. The fourth-order valence-corrected chi connectivity index (χ4v) is 2.55. The molecule has 150 valence electrons. The zero-order chi connectivity index (χ0) is 20.5. The van der Waals surface area contributed by atoms with Crippen molar-refractivity contribution >= 4 is 17.7 Å². The molecule has 0 aliphatic heterocycles. The molecule has 0 heterocycles. The highest BCUT2D eigenvalue weighted by atomic mass is 16.5. The van der Waals surface area contributed by atoms with Gasteiger partial charge in [0.15, 0.2) is 23.0 Å². The van der Waals surface area contributed by atoms with Crippen molar-refractivity contribution in [1.29, 1.82) is 0 Å². The van der Waals surface area contributed by atoms with Crippen molar-refractivity contribution in [2.24, 2.45) is 0 Å². The van der Waals surface area contributed by atoms with Crippen LogP contribution in [0, 0.1) is 0 Å². The van der Waals surface area contributed by atoms with Crippen LogP contribution in [0.4, 0.5) is 5.69 Å². The summed E-state index contributed by atoms with van der Waals surface area (Å²) in [6.45, 7) is 2.42. The summed E-state index contributed by atoms with van der Waals surface area (Å²) in [6, 6.07) is 8.64. The number of rotatable bonds is 9. The van der Waals surface area contributed by atoms with E-state index in [-0.39, 0.29) is 5.91 Å². The first-order chi connectivity index (χ1) is 13.6. The van der Waals surface area contributed by atoms with Gasteiger partial charge < -0.3 is 29.0 Å². The molecule has 0 atom stereocenters. The molecule has 2 aromatic carbocycles. The zero-order valence-corrected chi connectivity index (χ0v) is 16.7. The van der Waals surface area contributed by atoms with E-state index in [4.69, 9.17) is 23.7 Å². The van der Waals surface area contributed by atoms with E-state index in [9.17, 15) is 4.79 Å². The summed E-state index contributed by atoms with van der Waals surface area (Å²) in [7, 11) is 6.19. The Kier molecular flexibility index (Phi) is 7.56. The maximum Gasteiger partial charge on any atom is 0.248 e. The van der Waals surface area contributed by atoms with Crippen molar-refractivity contribution < 1.29 is 28.5 Å². The molecule has 0 aliphatic rings. The topological polar surface area (TPSA) is 75.3 Å². The molecule has 0 unspecified atom stereocenters. The van der Waals surface area contributed by atoms with Crippen LogP contribution in [0.1, 0.15) is 12.5 Å². The molecule has 0 aliphatic carbocycles. The Bertz CT molecular complexity index is 847. The van der Waals surface area contributed by atoms with Crippen LogP contribution in [0.25, 0.3) is 6.08 Å². The predicted molar refractivity (Wildman–Crippen MR) is 108 cm³/mol. The molecule has 7 heteroatoms. The van der Waals surface area contributed by atoms with E-state index < -0.39 is 0 Å². The average molecular weight is 387 g/mol. The predicted octanol–water partition coefficient (Wildman–Crippen LogP) is 3.77. The highest BCUT2D eigenvalue weighted by molar-refractivity contribution is 6.02. The first kappa shape index (κ1) is 21.0. The minimum atomic E-state index is -0.303. The van der Waals surface area contributed by atoms with Crippen LogP contribution in [0.3, 0.4) is 0 Å². The number of ether oxygens (including phenoxy) is 5. The number of anilines is 1. The molecule has 28 heavy (non-hydrogen) atoms. The van der Waals surface area contributed by atoms with Crippen LogP contribution in [0.15, 0.2) is 36.4 Å². The van der Waals surface area contributed by atoms with Gasteiger partial charge in [0.1, 0.15) is 5.75 Å². The Morgan fingerprint density at radius 1 is 0.857 bits per heavy atom. The third kappa shape index (κ3) is 5.09. The monoisotopic (exact) mass is 387 g/mol. The van der Waals surface area contributed by atoms with E-state index in [0.717, 1.165) is 0 Å². The van der Waals surface area contributed by atoms with Crippen LogP contribution < -0.4 is 29.0 Å². The van der Waals surface area contributed by atoms with Crippen molar-refractivity contribution in [1.82, 2.24) is 0 Å². The molecule has 0 aromatic heterocycles. The fourth-order valence-electron chi connectivity index (χ4n) is 2.55. The van der Waals surface area contributed by atoms with Gasteiger partial charge in [-0.25, -0.2) is 0 Å². The summed E-state index contributed by atoms with van der Waals surface area (Å²) in [4.78, 5) is 12.3. The molecule has 2 rings (SSSR count). The van der Waals surface area contributed by atoms with Crippen molar-refractivity contribution in [2.45, 2.75) is 6.92 Å². The summed E-state index contributed by atoms with van der Waals surface area (Å²) in [6.07, 6.45) is 3.05. The second kappa shape index (κ2) is 10.1. The molecular weight excluding hydrogens is 362 g/mol. The standard InChI is InChI=1S/C21H25NO6/c1-6-28-16-9-8-15(12-19(16)26-4)22-21(23)10-7-14-11-18(25-3)20(27-5)13-17(14)24-2/h7-13H,6H2,1-5H3,(H,22,23)/b10-7+. The molecule has 1 amide bonds. The van der Waals surface area contributed by atoms with Gasteiger partial charge >= 0.3 is 0 Å². The van der Waals surface area contributed by atoms with Gasteiger partial charge in [-0.15, -0.1) is 0 Å². The van der Waals surface area contributed by atoms with E-state index in [1.165, 1.54) is 6.08 Å². The third-order valence-corrected chi connectivity index (χ3v) is 3.88. The number of hydrogen-bond acceptors (Lipinski definition) is 6. The Morgan fingerprint density at radius 3 is 2.07 bits per heavy atom. The molecule has 2 aromatic rings. The van der Waals surface area contributed by atoms with Gasteiger partial charge in [-0.1, -0.05) is 0 Å². The Labute approximate surface area is 164 Å². The summed E-state index contributed by atoms with van der Waals surface area (Å²) >= 11 is 0. The van der Waals surface area contributed by atoms with Gasteiger partial charge in [-0.05, 0) is 31.2 Å². The van der Waals surface area contributed by atoms with Gasteiger partial charge in [0, 0.05) is 29.5 Å². The van der Waals surface area contributed by atoms with Gasteiger partial charge in [0.05, 0.1) is 35.0 Å². The van der Waals surface area contributed by atoms with Crippen molar-refractivity contribution in [3.05, 3.63) is 42.0 Å². The number of nitrogens with one attached hydrogen (secondary N) is 1. The van der Waals surface area contributed by atoms with E-state index in [1.807, 2.05) is 6.92 Å². The van der Waals surface area contributed by atoms with E-state index in [0.29, 0.717) is 46.6 Å². The van der Waals surface area contributed by atoms with Crippen molar-refractivity contribution in [2.75, 3.05) is 40.4 Å². The number of hydrogen-bond donors (Lipinski definition) is 1. The molecule has 0 spiro atoms. The van der Waals surface area contributed by atoms with Crippen molar-refractivity contribution in [3.8, 4) is 28.7 Å². The molecule has 0 saturated heterocycles. The molecule has 0 radical (unpaired) electrons. The van der Waals surface area contributed by atoms with E-state index in [2.05, 4.69) is 5.32 Å². The Balaban J connectivity index is 2.18. The largest absolute Gasteiger partial charge is 0.496 e. The summed E-state index contributed by atoms with van der Waals surface area (Å²) in [5.41, 5.74) is 1.27. The van der Waals surface area contributed by atoms with Crippen molar-refractivity contribution in [3.63, 3.8) is 0 Å². The number of carbonyl (C=O) groups is 1. The highest BCUT2D eigenvalue weighted by Gasteiger charge is 2.11. The second-order valence-corrected chi connectivity index (χ2v) is 5.57. The van der Waals surface area contributed by atoms with E-state index in [1.54, 1.807) is 64.8 Å². The van der Waals surface area contributed by atoms with E-state index >= 15 is 0 Å². The van der Waals surface area contributed by atoms with Crippen LogP contribution in [-0.2, 0) is 4.79 Å². The molecule has 0 bridgehead atoms. The smallest absolute Gasteiger partial charge is 0.248 e. The average Bonchev–Trinajstić information content (AvgIpc) is 2.72. The minimum Gasteiger partial charge on any atom is -0.496 e. The fraction of sp³-hybridized carbons (Fsp3) is 0.286. The molecular formula is C21H25NO6. The molecule has 1 N–H and O–H groups in total. The lowest BCUT2D eigenvalue weighted by Crippen LogP contribution is -2.08. The van der Waals surface area contributed by atoms with Crippen LogP contribution in [0.5, 0.6) is 28.7 Å². The van der Waals surface area contributed by atoms with Gasteiger partial charge in [-0.2, -0.15) is 0 Å². The van der Waals surface area contributed by atoms with Crippen LogP contribution in [-0.4, -0.2) is 41.0 Å². The zero-order valence-electron chi connectivity index (χ0n) is 16.7. The first-order valence-corrected chi connectivity index (χ1v) is 8.66. The molecule has 0 fully saturated rings. The van der Waals surface area contributed by atoms with Gasteiger partial charge in [0.2, 0.25) is 5.91 Å². The van der Waals surface area contributed by atoms with Crippen LogP contribution >= 0.6 is 0 Å². The quantitative estimate of drug-likeness (QED) is 0.660. The first-order valence-electron chi connectivity index (χ1n) is 8.66. The SMILES string of the molecule is CCOc1ccc(NC(=O)/C=C/c2cc(OC)c(OC)cc2OC)cc1OC. The Morgan fingerprint density at radius 2 is 1.46 bits per heavy atom. The summed E-state index contributed by atoms with van der Waals surface area (Å²) < 4.78 is 26.7. The number of benzene rings is 2. The van der Waals surface area contributed by atoms with Gasteiger partial charge in [0.25, 0.3) is 0 Å².